The molecule has 0 aliphatic rings. The van der Waals surface area contributed by atoms with E-state index in [0.717, 1.165) is 0 Å². The Morgan fingerprint density at radius 2 is 2.06 bits per heavy atom. The SMILES string of the molecule is NCc1ccc(Oc2ccc(F)c(Br)c2)nn1. The Balaban J connectivity index is 2.16. The molecule has 4 nitrogen and oxygen atoms in total. The lowest BCUT2D eigenvalue weighted by atomic mass is 10.3. The Kier molecular flexibility index (Phi) is 3.65. The second-order valence-electron chi connectivity index (χ2n) is 3.25. The predicted molar refractivity (Wildman–Crippen MR) is 64.1 cm³/mol. The third-order valence-electron chi connectivity index (χ3n) is 2.02. The van der Waals surface area contributed by atoms with Gasteiger partial charge in [0, 0.05) is 12.6 Å². The van der Waals surface area contributed by atoms with E-state index < -0.39 is 0 Å². The van der Waals surface area contributed by atoms with E-state index in [4.69, 9.17) is 10.5 Å². The first-order valence-corrected chi connectivity index (χ1v) is 5.64. The summed E-state index contributed by atoms with van der Waals surface area (Å²) in [6, 6.07) is 7.72. The highest BCUT2D eigenvalue weighted by Gasteiger charge is 2.03. The van der Waals surface area contributed by atoms with Gasteiger partial charge in [0.25, 0.3) is 0 Å². The van der Waals surface area contributed by atoms with Crippen LogP contribution in [0.1, 0.15) is 5.69 Å². The highest BCUT2D eigenvalue weighted by Crippen LogP contribution is 2.24. The molecule has 1 aromatic heterocycles. The van der Waals surface area contributed by atoms with Crippen LogP contribution < -0.4 is 10.5 Å². The summed E-state index contributed by atoms with van der Waals surface area (Å²) in [6.07, 6.45) is 0. The Labute approximate surface area is 106 Å². The maximum absolute atomic E-state index is 13.0. The first kappa shape index (κ1) is 11.9. The molecule has 2 aromatic rings. The number of aromatic nitrogens is 2. The third-order valence-corrected chi connectivity index (χ3v) is 2.63. The van der Waals surface area contributed by atoms with Gasteiger partial charge in [0.15, 0.2) is 0 Å². The molecular weight excluding hydrogens is 289 g/mol. The van der Waals surface area contributed by atoms with Gasteiger partial charge in [-0.15, -0.1) is 5.10 Å². The van der Waals surface area contributed by atoms with E-state index in [9.17, 15) is 4.39 Å². The molecule has 0 amide bonds. The highest BCUT2D eigenvalue weighted by atomic mass is 79.9. The van der Waals surface area contributed by atoms with Gasteiger partial charge >= 0.3 is 0 Å². The van der Waals surface area contributed by atoms with E-state index >= 15 is 0 Å². The largest absolute Gasteiger partial charge is 0.437 e. The van der Waals surface area contributed by atoms with Crippen LogP contribution in [0.5, 0.6) is 11.6 Å². The molecule has 0 aliphatic carbocycles. The van der Waals surface area contributed by atoms with Crippen LogP contribution >= 0.6 is 15.9 Å². The lowest BCUT2D eigenvalue weighted by Gasteiger charge is -2.05. The first-order valence-electron chi connectivity index (χ1n) is 4.84. The maximum atomic E-state index is 13.0. The molecule has 2 N–H and O–H groups in total. The van der Waals surface area contributed by atoms with Crippen LogP contribution in [-0.2, 0) is 6.54 Å². The molecule has 1 heterocycles. The van der Waals surface area contributed by atoms with Gasteiger partial charge in [-0.1, -0.05) is 0 Å². The molecule has 6 heteroatoms. The zero-order valence-electron chi connectivity index (χ0n) is 8.73. The van der Waals surface area contributed by atoms with Gasteiger partial charge in [-0.25, -0.2) is 4.39 Å². The number of halogens is 2. The molecule has 0 atom stereocenters. The molecular formula is C11H9BrFN3O. The molecule has 0 unspecified atom stereocenters. The van der Waals surface area contributed by atoms with Crippen molar-refractivity contribution in [1.29, 1.82) is 0 Å². The van der Waals surface area contributed by atoms with E-state index in [1.165, 1.54) is 18.2 Å². The number of hydrogen-bond donors (Lipinski definition) is 1. The topological polar surface area (TPSA) is 61.0 Å². The minimum Gasteiger partial charge on any atom is -0.437 e. The fraction of sp³-hybridized carbons (Fsp3) is 0.0909. The van der Waals surface area contributed by atoms with Crippen molar-refractivity contribution < 1.29 is 9.13 Å². The van der Waals surface area contributed by atoms with Crippen molar-refractivity contribution in [2.24, 2.45) is 5.73 Å². The quantitative estimate of drug-likeness (QED) is 0.946. The van der Waals surface area contributed by atoms with Crippen LogP contribution in [0.4, 0.5) is 4.39 Å². The van der Waals surface area contributed by atoms with Gasteiger partial charge in [-0.2, -0.15) is 5.10 Å². The van der Waals surface area contributed by atoms with Crippen molar-refractivity contribution in [2.75, 3.05) is 0 Å². The van der Waals surface area contributed by atoms with Crippen molar-refractivity contribution in [3.63, 3.8) is 0 Å². The maximum Gasteiger partial charge on any atom is 0.238 e. The van der Waals surface area contributed by atoms with E-state index in [-0.39, 0.29) is 5.82 Å². The van der Waals surface area contributed by atoms with Crippen molar-refractivity contribution in [3.8, 4) is 11.6 Å². The number of ether oxygens (including phenoxy) is 1. The molecule has 0 aliphatic heterocycles. The molecule has 0 spiro atoms. The van der Waals surface area contributed by atoms with Gasteiger partial charge < -0.3 is 10.5 Å². The number of nitrogens with zero attached hydrogens (tertiary/aromatic N) is 2. The Morgan fingerprint density at radius 1 is 1.24 bits per heavy atom. The van der Waals surface area contributed by atoms with Crippen molar-refractivity contribution in [1.82, 2.24) is 10.2 Å². The summed E-state index contributed by atoms with van der Waals surface area (Å²) >= 11 is 3.07. The lowest BCUT2D eigenvalue weighted by Crippen LogP contribution is -2.01. The van der Waals surface area contributed by atoms with Gasteiger partial charge in [0.1, 0.15) is 11.6 Å². The van der Waals surface area contributed by atoms with E-state index in [2.05, 4.69) is 26.1 Å². The molecule has 0 bridgehead atoms. The standard InChI is InChI=1S/C11H9BrFN3O/c12-9-5-8(2-3-10(9)13)17-11-4-1-7(6-14)15-16-11/h1-5H,6,14H2. The minimum atomic E-state index is -0.345. The van der Waals surface area contributed by atoms with E-state index in [0.29, 0.717) is 28.3 Å². The molecule has 0 radical (unpaired) electrons. The molecule has 17 heavy (non-hydrogen) atoms. The number of rotatable bonds is 3. The fourth-order valence-electron chi connectivity index (χ4n) is 1.17. The molecule has 1 aromatic carbocycles. The fourth-order valence-corrected chi connectivity index (χ4v) is 1.53. The zero-order chi connectivity index (χ0) is 12.3. The molecule has 0 saturated heterocycles. The Bertz CT molecular complexity index is 519. The molecule has 88 valence electrons. The monoisotopic (exact) mass is 297 g/mol. The average Bonchev–Trinajstić information content (AvgIpc) is 2.35. The first-order chi connectivity index (χ1) is 8.19. The summed E-state index contributed by atoms with van der Waals surface area (Å²) in [7, 11) is 0. The third kappa shape index (κ3) is 2.98. The van der Waals surface area contributed by atoms with Gasteiger partial charge in [0.05, 0.1) is 10.2 Å². The van der Waals surface area contributed by atoms with E-state index in [1.54, 1.807) is 12.1 Å². The smallest absolute Gasteiger partial charge is 0.238 e. The lowest BCUT2D eigenvalue weighted by molar-refractivity contribution is 0.452. The number of nitrogens with two attached hydrogens (primary N) is 1. The van der Waals surface area contributed by atoms with Crippen molar-refractivity contribution in [2.45, 2.75) is 6.54 Å². The number of benzene rings is 1. The van der Waals surface area contributed by atoms with Crippen molar-refractivity contribution >= 4 is 15.9 Å². The van der Waals surface area contributed by atoms with Gasteiger partial charge in [0.2, 0.25) is 5.88 Å². The van der Waals surface area contributed by atoms with Gasteiger partial charge in [-0.3, -0.25) is 0 Å². The molecule has 0 saturated carbocycles. The summed E-state index contributed by atoms with van der Waals surface area (Å²) < 4.78 is 18.7. The summed E-state index contributed by atoms with van der Waals surface area (Å²) in [4.78, 5) is 0. The Morgan fingerprint density at radius 3 is 2.65 bits per heavy atom. The predicted octanol–water partition coefficient (Wildman–Crippen LogP) is 2.63. The minimum absolute atomic E-state index is 0.329. The summed E-state index contributed by atoms with van der Waals surface area (Å²) in [5.74, 6) is 0.468. The molecule has 2 rings (SSSR count). The van der Waals surface area contributed by atoms with Crippen LogP contribution in [0.3, 0.4) is 0 Å². The second kappa shape index (κ2) is 5.20. The van der Waals surface area contributed by atoms with Crippen LogP contribution in [0.15, 0.2) is 34.8 Å². The molecule has 0 fully saturated rings. The zero-order valence-corrected chi connectivity index (χ0v) is 10.3. The highest BCUT2D eigenvalue weighted by molar-refractivity contribution is 9.10. The van der Waals surface area contributed by atoms with Crippen LogP contribution in [0.25, 0.3) is 0 Å². The summed E-state index contributed by atoms with van der Waals surface area (Å²) in [5, 5.41) is 7.68. The summed E-state index contributed by atoms with van der Waals surface area (Å²) in [5.41, 5.74) is 6.08. The van der Waals surface area contributed by atoms with E-state index in [1.807, 2.05) is 0 Å². The van der Waals surface area contributed by atoms with Crippen LogP contribution in [0.2, 0.25) is 0 Å². The summed E-state index contributed by atoms with van der Waals surface area (Å²) in [6.45, 7) is 0.329. The Hall–Kier alpha value is -1.53. The van der Waals surface area contributed by atoms with Crippen LogP contribution in [0, 0.1) is 5.82 Å². The number of hydrogen-bond acceptors (Lipinski definition) is 4. The average molecular weight is 298 g/mol. The van der Waals surface area contributed by atoms with Crippen LogP contribution in [-0.4, -0.2) is 10.2 Å². The van der Waals surface area contributed by atoms with Gasteiger partial charge in [-0.05, 0) is 40.2 Å². The second-order valence-corrected chi connectivity index (χ2v) is 4.10. The normalized spacial score (nSPS) is 10.3. The van der Waals surface area contributed by atoms with Crippen molar-refractivity contribution in [3.05, 3.63) is 46.3 Å².